The van der Waals surface area contributed by atoms with E-state index in [9.17, 15) is 0 Å². The molecular formula is C15H23ClIN3. The molecule has 0 unspecified atom stereocenters. The normalized spacial score (nSPS) is 16.9. The van der Waals surface area contributed by atoms with Crippen molar-refractivity contribution in [3.05, 3.63) is 34.9 Å². The molecule has 2 N–H and O–H groups in total. The van der Waals surface area contributed by atoms with E-state index in [4.69, 9.17) is 17.3 Å². The molecule has 1 heterocycles. The highest BCUT2D eigenvalue weighted by atomic mass is 127. The van der Waals surface area contributed by atoms with Gasteiger partial charge in [-0.1, -0.05) is 30.7 Å². The van der Waals surface area contributed by atoms with Crippen LogP contribution in [0.25, 0.3) is 0 Å². The third-order valence-corrected chi connectivity index (χ3v) is 3.95. The molecular weight excluding hydrogens is 385 g/mol. The summed E-state index contributed by atoms with van der Waals surface area (Å²) < 4.78 is 0. The fraction of sp³-hybridized carbons (Fsp3) is 0.533. The Bertz CT molecular complexity index is 425. The van der Waals surface area contributed by atoms with Crippen LogP contribution in [-0.2, 0) is 6.42 Å². The molecule has 1 aromatic carbocycles. The molecule has 1 fully saturated rings. The van der Waals surface area contributed by atoms with E-state index in [1.807, 2.05) is 24.3 Å². The number of guanidine groups is 1. The molecule has 1 aromatic rings. The summed E-state index contributed by atoms with van der Waals surface area (Å²) in [5, 5.41) is 0.772. The van der Waals surface area contributed by atoms with Crippen LogP contribution in [0, 0.1) is 5.92 Å². The predicted molar refractivity (Wildman–Crippen MR) is 97.0 cm³/mol. The monoisotopic (exact) mass is 407 g/mol. The van der Waals surface area contributed by atoms with Gasteiger partial charge in [0.2, 0.25) is 0 Å². The summed E-state index contributed by atoms with van der Waals surface area (Å²) in [6.07, 6.45) is 3.34. The number of nitrogens with zero attached hydrogens (tertiary/aromatic N) is 2. The van der Waals surface area contributed by atoms with Crippen LogP contribution in [0.5, 0.6) is 0 Å². The van der Waals surface area contributed by atoms with Crippen molar-refractivity contribution < 1.29 is 0 Å². The predicted octanol–water partition coefficient (Wildman–Crippen LogP) is 3.55. The lowest BCUT2D eigenvalue weighted by Crippen LogP contribution is -2.42. The second-order valence-electron chi connectivity index (χ2n) is 5.29. The third-order valence-electron chi connectivity index (χ3n) is 3.70. The maximum Gasteiger partial charge on any atom is 0.191 e. The van der Waals surface area contributed by atoms with E-state index >= 15 is 0 Å². The minimum absolute atomic E-state index is 0. The van der Waals surface area contributed by atoms with E-state index < -0.39 is 0 Å². The zero-order valence-corrected chi connectivity index (χ0v) is 15.0. The molecule has 0 atom stereocenters. The van der Waals surface area contributed by atoms with Crippen molar-refractivity contribution in [3.63, 3.8) is 0 Å². The Hall–Kier alpha value is -0.490. The van der Waals surface area contributed by atoms with Gasteiger partial charge in [0.25, 0.3) is 0 Å². The fourth-order valence-corrected chi connectivity index (χ4v) is 2.41. The van der Waals surface area contributed by atoms with Crippen LogP contribution in [0.4, 0.5) is 0 Å². The van der Waals surface area contributed by atoms with Crippen LogP contribution in [0.2, 0.25) is 5.02 Å². The number of aliphatic imine (C=N–C) groups is 1. The molecule has 2 rings (SSSR count). The molecule has 1 aliphatic heterocycles. The van der Waals surface area contributed by atoms with Crippen LogP contribution in [0.3, 0.4) is 0 Å². The number of likely N-dealkylation sites (tertiary alicyclic amines) is 1. The standard InChI is InChI=1S/C15H22ClN3.HI/c1-12-7-10-19(11-8-12)15(17)18-9-6-13-2-4-14(16)5-3-13;/h2-5,12H,6-11H2,1H3,(H2,17,18);1H. The number of piperidine rings is 1. The maximum absolute atomic E-state index is 6.04. The van der Waals surface area contributed by atoms with Gasteiger partial charge in [-0.3, -0.25) is 4.99 Å². The number of hydrogen-bond acceptors (Lipinski definition) is 1. The van der Waals surface area contributed by atoms with E-state index in [1.165, 1.54) is 18.4 Å². The Morgan fingerprint density at radius 3 is 2.50 bits per heavy atom. The highest BCUT2D eigenvalue weighted by Crippen LogP contribution is 2.15. The largest absolute Gasteiger partial charge is 0.370 e. The molecule has 20 heavy (non-hydrogen) atoms. The first kappa shape index (κ1) is 17.6. The van der Waals surface area contributed by atoms with Crippen molar-refractivity contribution in [1.82, 2.24) is 4.90 Å². The van der Waals surface area contributed by atoms with Gasteiger partial charge in [0.1, 0.15) is 0 Å². The molecule has 0 saturated carbocycles. The molecule has 5 heteroatoms. The van der Waals surface area contributed by atoms with Crippen molar-refractivity contribution in [2.24, 2.45) is 16.6 Å². The van der Waals surface area contributed by atoms with Crippen molar-refractivity contribution in [2.75, 3.05) is 19.6 Å². The number of benzene rings is 1. The van der Waals surface area contributed by atoms with Crippen molar-refractivity contribution in [3.8, 4) is 0 Å². The molecule has 0 spiro atoms. The topological polar surface area (TPSA) is 41.6 Å². The second-order valence-corrected chi connectivity index (χ2v) is 5.72. The van der Waals surface area contributed by atoms with Gasteiger partial charge >= 0.3 is 0 Å². The quantitative estimate of drug-likeness (QED) is 0.473. The summed E-state index contributed by atoms with van der Waals surface area (Å²) in [5.41, 5.74) is 7.28. The Balaban J connectivity index is 0.00000200. The summed E-state index contributed by atoms with van der Waals surface area (Å²) in [6, 6.07) is 7.90. The van der Waals surface area contributed by atoms with Gasteiger partial charge in [0.05, 0.1) is 0 Å². The maximum atomic E-state index is 6.04. The molecule has 0 radical (unpaired) electrons. The lowest BCUT2D eigenvalue weighted by molar-refractivity contribution is 0.277. The Kier molecular flexibility index (Phi) is 7.66. The second kappa shape index (κ2) is 8.72. The van der Waals surface area contributed by atoms with E-state index in [2.05, 4.69) is 16.8 Å². The minimum Gasteiger partial charge on any atom is -0.370 e. The van der Waals surface area contributed by atoms with Gasteiger partial charge in [-0.2, -0.15) is 0 Å². The Morgan fingerprint density at radius 1 is 1.30 bits per heavy atom. The lowest BCUT2D eigenvalue weighted by atomic mass is 10.00. The molecule has 1 aliphatic rings. The number of hydrogen-bond donors (Lipinski definition) is 1. The zero-order valence-electron chi connectivity index (χ0n) is 11.9. The first-order chi connectivity index (χ1) is 9.15. The van der Waals surface area contributed by atoms with Crippen molar-refractivity contribution in [2.45, 2.75) is 26.2 Å². The van der Waals surface area contributed by atoms with E-state index in [0.717, 1.165) is 37.0 Å². The summed E-state index contributed by atoms with van der Waals surface area (Å²) in [4.78, 5) is 6.67. The Morgan fingerprint density at radius 2 is 1.90 bits per heavy atom. The first-order valence-corrected chi connectivity index (χ1v) is 7.32. The summed E-state index contributed by atoms with van der Waals surface area (Å²) in [7, 11) is 0. The molecule has 0 aromatic heterocycles. The zero-order chi connectivity index (χ0) is 13.7. The third kappa shape index (κ3) is 5.48. The van der Waals surface area contributed by atoms with Crippen LogP contribution in [0.15, 0.2) is 29.3 Å². The van der Waals surface area contributed by atoms with Crippen LogP contribution < -0.4 is 5.73 Å². The van der Waals surface area contributed by atoms with Gasteiger partial charge in [0, 0.05) is 24.7 Å². The molecule has 1 saturated heterocycles. The summed E-state index contributed by atoms with van der Waals surface area (Å²) in [5.74, 6) is 1.51. The van der Waals surface area contributed by atoms with Crippen molar-refractivity contribution in [1.29, 1.82) is 0 Å². The highest BCUT2D eigenvalue weighted by molar-refractivity contribution is 14.0. The van der Waals surface area contributed by atoms with Crippen LogP contribution >= 0.6 is 35.6 Å². The number of halogens is 2. The van der Waals surface area contributed by atoms with Gasteiger partial charge in [-0.15, -0.1) is 24.0 Å². The summed E-state index contributed by atoms with van der Waals surface area (Å²) >= 11 is 5.86. The fourth-order valence-electron chi connectivity index (χ4n) is 2.29. The molecule has 0 amide bonds. The van der Waals surface area contributed by atoms with E-state index in [0.29, 0.717) is 5.96 Å². The molecule has 3 nitrogen and oxygen atoms in total. The number of rotatable bonds is 3. The van der Waals surface area contributed by atoms with Crippen LogP contribution in [0.1, 0.15) is 25.3 Å². The first-order valence-electron chi connectivity index (χ1n) is 6.94. The smallest absolute Gasteiger partial charge is 0.191 e. The summed E-state index contributed by atoms with van der Waals surface area (Å²) in [6.45, 7) is 5.11. The van der Waals surface area contributed by atoms with Gasteiger partial charge in [-0.05, 0) is 42.9 Å². The van der Waals surface area contributed by atoms with Gasteiger partial charge < -0.3 is 10.6 Å². The molecule has 0 bridgehead atoms. The number of nitrogens with two attached hydrogens (primary N) is 1. The lowest BCUT2D eigenvalue weighted by Gasteiger charge is -2.31. The molecule has 112 valence electrons. The minimum atomic E-state index is 0. The Labute approximate surface area is 143 Å². The highest BCUT2D eigenvalue weighted by Gasteiger charge is 2.16. The van der Waals surface area contributed by atoms with Gasteiger partial charge in [0.15, 0.2) is 5.96 Å². The van der Waals surface area contributed by atoms with Crippen LogP contribution in [-0.4, -0.2) is 30.5 Å². The average molecular weight is 408 g/mol. The molecule has 0 aliphatic carbocycles. The van der Waals surface area contributed by atoms with Crippen molar-refractivity contribution >= 4 is 41.5 Å². The SMILES string of the molecule is CC1CCN(C(N)=NCCc2ccc(Cl)cc2)CC1.I. The van der Waals surface area contributed by atoms with E-state index in [-0.39, 0.29) is 24.0 Å². The van der Waals surface area contributed by atoms with Gasteiger partial charge in [-0.25, -0.2) is 0 Å². The average Bonchev–Trinajstić information content (AvgIpc) is 2.41. The van der Waals surface area contributed by atoms with E-state index in [1.54, 1.807) is 0 Å².